The molecule has 4 unspecified atom stereocenters. The van der Waals surface area contributed by atoms with Crippen LogP contribution in [0.1, 0.15) is 51.4 Å². The molecule has 2 aliphatic carbocycles. The van der Waals surface area contributed by atoms with Crippen molar-refractivity contribution >= 4 is 30.1 Å². The fourth-order valence-corrected chi connectivity index (χ4v) is 4.10. The van der Waals surface area contributed by atoms with Gasteiger partial charge in [-0.15, -0.1) is 12.4 Å². The first kappa shape index (κ1) is 17.1. The van der Waals surface area contributed by atoms with Gasteiger partial charge in [0.2, 0.25) is 5.91 Å². The minimum absolute atomic E-state index is 0. The van der Waals surface area contributed by atoms with E-state index >= 15 is 0 Å². The summed E-state index contributed by atoms with van der Waals surface area (Å²) >= 11 is 1.94. The zero-order valence-electron chi connectivity index (χ0n) is 11.8. The number of carbonyl (C=O) groups excluding carboxylic acids is 1. The fraction of sp³-hybridized carbons (Fsp3) is 0.929. The predicted octanol–water partition coefficient (Wildman–Crippen LogP) is 2.72. The number of hydrogen-bond donors (Lipinski definition) is 2. The van der Waals surface area contributed by atoms with E-state index in [1.54, 1.807) is 0 Å². The molecule has 2 saturated carbocycles. The highest BCUT2D eigenvalue weighted by Crippen LogP contribution is 2.28. The predicted molar refractivity (Wildman–Crippen MR) is 84.9 cm³/mol. The summed E-state index contributed by atoms with van der Waals surface area (Å²) in [6.07, 6.45) is 11.1. The van der Waals surface area contributed by atoms with Crippen LogP contribution in [0, 0.1) is 5.92 Å². The molecule has 0 aliphatic heterocycles. The van der Waals surface area contributed by atoms with E-state index in [-0.39, 0.29) is 30.3 Å². The van der Waals surface area contributed by atoms with Crippen LogP contribution in [-0.2, 0) is 4.79 Å². The van der Waals surface area contributed by atoms with Crippen LogP contribution in [-0.4, -0.2) is 29.5 Å². The van der Waals surface area contributed by atoms with E-state index in [9.17, 15) is 4.79 Å². The molecule has 0 aromatic carbocycles. The molecule has 1 amide bonds. The summed E-state index contributed by atoms with van der Waals surface area (Å²) in [6.45, 7) is 0. The van der Waals surface area contributed by atoms with E-state index in [2.05, 4.69) is 11.6 Å². The van der Waals surface area contributed by atoms with Crippen LogP contribution in [0.2, 0.25) is 0 Å². The van der Waals surface area contributed by atoms with Gasteiger partial charge in [-0.1, -0.05) is 12.8 Å². The molecule has 3 nitrogen and oxygen atoms in total. The summed E-state index contributed by atoms with van der Waals surface area (Å²) in [5.41, 5.74) is 5.96. The van der Waals surface area contributed by atoms with Crippen molar-refractivity contribution in [3.63, 3.8) is 0 Å². The van der Waals surface area contributed by atoms with Gasteiger partial charge in [0, 0.05) is 23.3 Å². The standard InChI is InChI=1S/C14H26N2OS.ClH/c1-18-13-7-3-6-12(9-13)16-14(17)10-4-2-5-11(15)8-10;/h10-13H,2-9,15H2,1H3,(H,16,17);1H. The van der Waals surface area contributed by atoms with Gasteiger partial charge < -0.3 is 11.1 Å². The van der Waals surface area contributed by atoms with Crippen LogP contribution in [0.25, 0.3) is 0 Å². The third-order valence-corrected chi connectivity index (χ3v) is 5.49. The summed E-state index contributed by atoms with van der Waals surface area (Å²) < 4.78 is 0. The molecule has 2 aliphatic rings. The molecular formula is C14H27ClN2OS. The fourth-order valence-electron chi connectivity index (χ4n) is 3.27. The van der Waals surface area contributed by atoms with Crippen molar-refractivity contribution < 1.29 is 4.79 Å². The highest BCUT2D eigenvalue weighted by molar-refractivity contribution is 7.99. The first-order chi connectivity index (χ1) is 8.69. The maximum absolute atomic E-state index is 12.2. The molecule has 0 aromatic rings. The van der Waals surface area contributed by atoms with Gasteiger partial charge in [-0.25, -0.2) is 0 Å². The second-order valence-corrected chi connectivity index (χ2v) is 6.99. The minimum atomic E-state index is 0. The number of carbonyl (C=O) groups is 1. The topological polar surface area (TPSA) is 55.1 Å². The number of hydrogen-bond acceptors (Lipinski definition) is 3. The van der Waals surface area contributed by atoms with Crippen molar-refractivity contribution in [2.75, 3.05) is 6.26 Å². The van der Waals surface area contributed by atoms with Gasteiger partial charge in [0.25, 0.3) is 0 Å². The second kappa shape index (κ2) is 8.38. The van der Waals surface area contributed by atoms with Crippen LogP contribution in [0.3, 0.4) is 0 Å². The Balaban J connectivity index is 0.00000180. The number of thioether (sulfide) groups is 1. The molecule has 0 radical (unpaired) electrons. The van der Waals surface area contributed by atoms with E-state index in [0.717, 1.165) is 43.8 Å². The van der Waals surface area contributed by atoms with Crippen LogP contribution in [0.4, 0.5) is 0 Å². The third-order valence-electron chi connectivity index (χ3n) is 4.39. The molecule has 5 heteroatoms. The van der Waals surface area contributed by atoms with Gasteiger partial charge in [0.1, 0.15) is 0 Å². The Morgan fingerprint density at radius 1 is 1.16 bits per heavy atom. The van der Waals surface area contributed by atoms with E-state index < -0.39 is 0 Å². The number of halogens is 1. The Kier molecular flexibility index (Phi) is 7.55. The summed E-state index contributed by atoms with van der Waals surface area (Å²) in [5.74, 6) is 0.431. The van der Waals surface area contributed by atoms with Crippen LogP contribution in [0.5, 0.6) is 0 Å². The summed E-state index contributed by atoms with van der Waals surface area (Å²) in [4.78, 5) is 12.2. The quantitative estimate of drug-likeness (QED) is 0.843. The van der Waals surface area contributed by atoms with Crippen molar-refractivity contribution in [1.29, 1.82) is 0 Å². The number of amides is 1. The summed E-state index contributed by atoms with van der Waals surface area (Å²) in [5, 5.41) is 4.00. The molecule has 0 aromatic heterocycles. The number of rotatable bonds is 3. The van der Waals surface area contributed by atoms with Crippen LogP contribution in [0.15, 0.2) is 0 Å². The second-order valence-electron chi connectivity index (χ2n) is 5.85. The smallest absolute Gasteiger partial charge is 0.223 e. The van der Waals surface area contributed by atoms with Crippen LogP contribution >= 0.6 is 24.2 Å². The molecule has 2 rings (SSSR count). The Hall–Kier alpha value is 0.0700. The lowest BCUT2D eigenvalue weighted by Gasteiger charge is -2.31. The maximum Gasteiger partial charge on any atom is 0.223 e. The first-order valence-corrected chi connectivity index (χ1v) is 8.56. The third kappa shape index (κ3) is 5.16. The monoisotopic (exact) mass is 306 g/mol. The largest absolute Gasteiger partial charge is 0.353 e. The van der Waals surface area contributed by atoms with Gasteiger partial charge >= 0.3 is 0 Å². The zero-order chi connectivity index (χ0) is 13.0. The molecule has 19 heavy (non-hydrogen) atoms. The SMILES string of the molecule is CSC1CCCC(NC(=O)C2CCCC(N)C2)C1.Cl. The van der Waals surface area contributed by atoms with E-state index in [4.69, 9.17) is 5.73 Å². The molecule has 2 fully saturated rings. The number of nitrogens with two attached hydrogens (primary N) is 1. The van der Waals surface area contributed by atoms with Crippen LogP contribution < -0.4 is 11.1 Å². The average Bonchev–Trinajstić information content (AvgIpc) is 2.39. The highest BCUT2D eigenvalue weighted by atomic mass is 35.5. The summed E-state index contributed by atoms with van der Waals surface area (Å²) in [6, 6.07) is 0.640. The molecule has 4 atom stereocenters. The van der Waals surface area contributed by atoms with Gasteiger partial charge in [-0.05, 0) is 44.8 Å². The van der Waals surface area contributed by atoms with Gasteiger partial charge in [-0.2, -0.15) is 11.8 Å². The average molecular weight is 307 g/mol. The van der Waals surface area contributed by atoms with E-state index in [0.29, 0.717) is 6.04 Å². The minimum Gasteiger partial charge on any atom is -0.353 e. The lowest BCUT2D eigenvalue weighted by molar-refractivity contribution is -0.127. The Labute approximate surface area is 127 Å². The van der Waals surface area contributed by atoms with Gasteiger partial charge in [0.15, 0.2) is 0 Å². The Morgan fingerprint density at radius 2 is 1.89 bits per heavy atom. The van der Waals surface area contributed by atoms with Crippen molar-refractivity contribution in [2.45, 2.75) is 68.7 Å². The lowest BCUT2D eigenvalue weighted by Crippen LogP contribution is -2.44. The first-order valence-electron chi connectivity index (χ1n) is 7.27. The van der Waals surface area contributed by atoms with Crippen molar-refractivity contribution in [2.24, 2.45) is 11.7 Å². The molecule has 0 heterocycles. The van der Waals surface area contributed by atoms with E-state index in [1.807, 2.05) is 11.8 Å². The van der Waals surface area contributed by atoms with Crippen molar-refractivity contribution in [1.82, 2.24) is 5.32 Å². The highest BCUT2D eigenvalue weighted by Gasteiger charge is 2.28. The molecule has 0 saturated heterocycles. The molecule has 3 N–H and O–H groups in total. The molecule has 0 spiro atoms. The maximum atomic E-state index is 12.2. The zero-order valence-corrected chi connectivity index (χ0v) is 13.4. The van der Waals surface area contributed by atoms with Crippen molar-refractivity contribution in [3.05, 3.63) is 0 Å². The van der Waals surface area contributed by atoms with Crippen molar-refractivity contribution in [3.8, 4) is 0 Å². The lowest BCUT2D eigenvalue weighted by atomic mass is 9.85. The molecule has 112 valence electrons. The van der Waals surface area contributed by atoms with E-state index in [1.165, 1.54) is 12.8 Å². The van der Waals surface area contributed by atoms with Gasteiger partial charge in [0.05, 0.1) is 0 Å². The molecule has 0 bridgehead atoms. The Morgan fingerprint density at radius 3 is 2.58 bits per heavy atom. The Bertz CT molecular complexity index is 291. The summed E-state index contributed by atoms with van der Waals surface area (Å²) in [7, 11) is 0. The molecular weight excluding hydrogens is 280 g/mol. The van der Waals surface area contributed by atoms with Gasteiger partial charge in [-0.3, -0.25) is 4.79 Å². The normalized spacial score (nSPS) is 35.3. The number of nitrogens with one attached hydrogen (secondary N) is 1.